The van der Waals surface area contributed by atoms with Gasteiger partial charge in [-0.15, -0.1) is 22.7 Å². The summed E-state index contributed by atoms with van der Waals surface area (Å²) >= 11 is 3.64. The van der Waals surface area contributed by atoms with Crippen molar-refractivity contribution >= 4 is 75.3 Å². The van der Waals surface area contributed by atoms with Gasteiger partial charge in [-0.1, -0.05) is 54.6 Å². The van der Waals surface area contributed by atoms with Crippen molar-refractivity contribution in [3.8, 4) is 0 Å². The summed E-state index contributed by atoms with van der Waals surface area (Å²) in [5.74, 6) is -0.363. The van der Waals surface area contributed by atoms with Crippen LogP contribution in [0.3, 0.4) is 0 Å². The number of ether oxygens (including phenoxy) is 2. The second-order valence-corrected chi connectivity index (χ2v) is 15.3. The van der Waals surface area contributed by atoms with Gasteiger partial charge in [-0.05, 0) is 76.5 Å². The number of benzene rings is 2. The van der Waals surface area contributed by atoms with Gasteiger partial charge in [-0.25, -0.2) is 0 Å². The third-order valence-electron chi connectivity index (χ3n) is 7.62. The van der Waals surface area contributed by atoms with Crippen LogP contribution >= 0.6 is 22.7 Å². The molecule has 2 aromatic carbocycles. The average Bonchev–Trinajstić information content (AvgIpc) is 3.47. The lowest BCUT2D eigenvalue weighted by molar-refractivity contribution is -0.156. The van der Waals surface area contributed by atoms with Crippen LogP contribution in [-0.4, -0.2) is 24.1 Å². The lowest BCUT2D eigenvalue weighted by atomic mass is 9.93. The predicted octanol–water partition coefficient (Wildman–Crippen LogP) is 9.87. The number of esters is 2. The van der Waals surface area contributed by atoms with Crippen LogP contribution in [0.1, 0.15) is 65.5 Å². The number of fused-ring (bicyclic) bond motifs is 5. The van der Waals surface area contributed by atoms with Crippen LogP contribution in [0.5, 0.6) is 0 Å². The number of carbonyl (C=O) groups is 2. The highest BCUT2D eigenvalue weighted by Crippen LogP contribution is 2.46. The SMILES string of the molecule is CC(C)(C)C(=O)OC1C=C(c2ccc3c(c2)sc2c4ccc(C5=CC=CCC5OC(=O)C(C)(C)C)cc4sc32)C=CC1. The standard InChI is InChI=1S/C36H36O4S2/c1-35(2,3)33(37)39-24-11-9-10-21(18-24)22-14-16-26-29(19-22)41-32-27-17-15-23(20-30(27)42-31(26)32)25-12-7-8-13-28(25)40-34(38)36(4,5)6/h7-10,12,14-20,24,28H,11,13H2,1-6H3. The minimum absolute atomic E-state index is 0.180. The van der Waals surface area contributed by atoms with E-state index in [9.17, 15) is 9.59 Å². The molecule has 0 amide bonds. The topological polar surface area (TPSA) is 52.6 Å². The minimum Gasteiger partial charge on any atom is -0.457 e. The molecule has 0 fully saturated rings. The lowest BCUT2D eigenvalue weighted by Crippen LogP contribution is -2.29. The first-order valence-corrected chi connectivity index (χ1v) is 16.1. The molecule has 2 heterocycles. The second-order valence-electron chi connectivity index (χ2n) is 13.2. The van der Waals surface area contributed by atoms with E-state index in [1.54, 1.807) is 0 Å². The molecule has 216 valence electrons. The zero-order valence-electron chi connectivity index (χ0n) is 24.9. The van der Waals surface area contributed by atoms with Crippen molar-refractivity contribution in [2.75, 3.05) is 0 Å². The summed E-state index contributed by atoms with van der Waals surface area (Å²) in [5.41, 5.74) is 3.28. The van der Waals surface area contributed by atoms with Gasteiger partial charge in [0.1, 0.15) is 12.2 Å². The summed E-state index contributed by atoms with van der Waals surface area (Å²) in [6, 6.07) is 13.3. The maximum absolute atomic E-state index is 12.7. The van der Waals surface area contributed by atoms with E-state index in [0.717, 1.165) is 22.3 Å². The van der Waals surface area contributed by atoms with Crippen molar-refractivity contribution in [3.05, 3.63) is 84.0 Å². The summed E-state index contributed by atoms with van der Waals surface area (Å²) in [6.45, 7) is 11.3. The molecule has 2 aromatic heterocycles. The van der Waals surface area contributed by atoms with Gasteiger partial charge in [0.05, 0.1) is 20.2 Å². The van der Waals surface area contributed by atoms with E-state index in [2.05, 4.69) is 66.8 Å². The third kappa shape index (κ3) is 5.50. The first kappa shape index (κ1) is 28.6. The summed E-state index contributed by atoms with van der Waals surface area (Å²) in [4.78, 5) is 25.1. The molecule has 4 aromatic rings. The molecular weight excluding hydrogens is 561 g/mol. The van der Waals surface area contributed by atoms with Gasteiger partial charge < -0.3 is 9.47 Å². The molecule has 2 aliphatic rings. The fraction of sp³-hybridized carbons (Fsp3) is 0.333. The van der Waals surface area contributed by atoms with Crippen molar-refractivity contribution in [2.24, 2.45) is 10.8 Å². The number of hydrogen-bond acceptors (Lipinski definition) is 6. The van der Waals surface area contributed by atoms with Crippen molar-refractivity contribution in [1.82, 2.24) is 0 Å². The number of rotatable bonds is 4. The molecular formula is C36H36O4S2. The number of allylic oxidation sites excluding steroid dienone is 4. The molecule has 0 N–H and O–H groups in total. The van der Waals surface area contributed by atoms with Crippen molar-refractivity contribution in [1.29, 1.82) is 0 Å². The van der Waals surface area contributed by atoms with Gasteiger partial charge in [0, 0.05) is 38.6 Å². The van der Waals surface area contributed by atoms with E-state index in [0.29, 0.717) is 12.8 Å². The number of thiophene rings is 2. The van der Waals surface area contributed by atoms with Crippen LogP contribution in [0.2, 0.25) is 0 Å². The smallest absolute Gasteiger partial charge is 0.311 e. The molecule has 6 heteroatoms. The second kappa shape index (κ2) is 10.7. The highest BCUT2D eigenvalue weighted by atomic mass is 32.1. The Kier molecular flexibility index (Phi) is 7.27. The Bertz CT molecular complexity index is 1850. The van der Waals surface area contributed by atoms with Gasteiger partial charge in [-0.3, -0.25) is 9.59 Å². The number of hydrogen-bond donors (Lipinski definition) is 0. The molecule has 42 heavy (non-hydrogen) atoms. The minimum atomic E-state index is -0.542. The van der Waals surface area contributed by atoms with Crippen molar-refractivity contribution in [2.45, 2.75) is 66.6 Å². The van der Waals surface area contributed by atoms with Crippen LogP contribution < -0.4 is 0 Å². The Morgan fingerprint density at radius 2 is 1.36 bits per heavy atom. The van der Waals surface area contributed by atoms with Gasteiger partial charge in [0.25, 0.3) is 0 Å². The van der Waals surface area contributed by atoms with Crippen LogP contribution in [0.25, 0.3) is 40.7 Å². The Balaban J connectivity index is 1.30. The Morgan fingerprint density at radius 1 is 0.762 bits per heavy atom. The van der Waals surface area contributed by atoms with Crippen LogP contribution in [0.4, 0.5) is 0 Å². The van der Waals surface area contributed by atoms with Gasteiger partial charge >= 0.3 is 11.9 Å². The van der Waals surface area contributed by atoms with Gasteiger partial charge in [0.15, 0.2) is 0 Å². The summed E-state index contributed by atoms with van der Waals surface area (Å²) in [5, 5.41) is 2.51. The van der Waals surface area contributed by atoms with E-state index in [-0.39, 0.29) is 24.1 Å². The van der Waals surface area contributed by atoms with Crippen LogP contribution in [0.15, 0.2) is 72.9 Å². The van der Waals surface area contributed by atoms with Crippen LogP contribution in [0, 0.1) is 10.8 Å². The molecule has 0 saturated carbocycles. The normalized spacial score (nSPS) is 19.3. The summed E-state index contributed by atoms with van der Waals surface area (Å²) in [7, 11) is 0. The fourth-order valence-electron chi connectivity index (χ4n) is 5.16. The molecule has 0 spiro atoms. The number of carbonyl (C=O) groups excluding carboxylic acids is 2. The maximum Gasteiger partial charge on any atom is 0.311 e. The summed E-state index contributed by atoms with van der Waals surface area (Å²) in [6.07, 6.45) is 13.3. The predicted molar refractivity (Wildman–Crippen MR) is 177 cm³/mol. The fourth-order valence-corrected chi connectivity index (χ4v) is 7.90. The largest absolute Gasteiger partial charge is 0.457 e. The Labute approximate surface area is 255 Å². The summed E-state index contributed by atoms with van der Waals surface area (Å²) < 4.78 is 16.8. The molecule has 0 saturated heterocycles. The van der Waals surface area contributed by atoms with Crippen LogP contribution in [-0.2, 0) is 19.1 Å². The Hall–Kier alpha value is -3.48. The highest BCUT2D eigenvalue weighted by molar-refractivity contribution is 7.36. The highest BCUT2D eigenvalue weighted by Gasteiger charge is 2.29. The lowest BCUT2D eigenvalue weighted by Gasteiger charge is -2.26. The molecule has 2 aliphatic carbocycles. The quantitative estimate of drug-likeness (QED) is 0.220. The van der Waals surface area contributed by atoms with E-state index in [1.807, 2.05) is 70.3 Å². The monoisotopic (exact) mass is 596 g/mol. The third-order valence-corrected chi connectivity index (χ3v) is 10.1. The first-order valence-electron chi connectivity index (χ1n) is 14.5. The van der Waals surface area contributed by atoms with Gasteiger partial charge in [0.2, 0.25) is 0 Å². The Morgan fingerprint density at radius 3 is 2.00 bits per heavy atom. The average molecular weight is 597 g/mol. The molecule has 6 rings (SSSR count). The van der Waals surface area contributed by atoms with Crippen molar-refractivity contribution < 1.29 is 19.1 Å². The molecule has 0 bridgehead atoms. The molecule has 2 atom stereocenters. The van der Waals surface area contributed by atoms with Gasteiger partial charge in [-0.2, -0.15) is 0 Å². The van der Waals surface area contributed by atoms with E-state index in [4.69, 9.17) is 9.47 Å². The molecule has 4 nitrogen and oxygen atoms in total. The van der Waals surface area contributed by atoms with E-state index >= 15 is 0 Å². The molecule has 0 radical (unpaired) electrons. The maximum atomic E-state index is 12.7. The van der Waals surface area contributed by atoms with Crippen molar-refractivity contribution in [3.63, 3.8) is 0 Å². The van der Waals surface area contributed by atoms with E-state index in [1.165, 1.54) is 29.6 Å². The van der Waals surface area contributed by atoms with E-state index < -0.39 is 10.8 Å². The molecule has 0 aliphatic heterocycles. The zero-order chi connectivity index (χ0) is 29.8. The molecule has 2 unspecified atom stereocenters. The first-order chi connectivity index (χ1) is 19.9. The zero-order valence-corrected chi connectivity index (χ0v) is 26.6.